The molecule has 0 aromatic heterocycles. The average molecular weight is 364 g/mol. The molecule has 140 valence electrons. The molecule has 0 N–H and O–H groups in total. The van der Waals surface area contributed by atoms with Gasteiger partial charge in [0.2, 0.25) is 5.91 Å². The number of benzene rings is 2. The molecule has 1 saturated heterocycles. The molecule has 0 saturated carbocycles. The molecule has 0 radical (unpaired) electrons. The van der Waals surface area contributed by atoms with Gasteiger partial charge in [-0.1, -0.05) is 44.2 Å². The van der Waals surface area contributed by atoms with Gasteiger partial charge in [0.05, 0.1) is 13.2 Å². The van der Waals surface area contributed by atoms with Crippen LogP contribution in [0.5, 0.6) is 5.75 Å². The van der Waals surface area contributed by atoms with E-state index < -0.39 is 0 Å². The lowest BCUT2D eigenvalue weighted by Crippen LogP contribution is -2.58. The molecule has 2 aromatic rings. The lowest BCUT2D eigenvalue weighted by atomic mass is 9.75. The number of rotatable bonds is 2. The van der Waals surface area contributed by atoms with E-state index in [4.69, 9.17) is 4.74 Å². The highest BCUT2D eigenvalue weighted by molar-refractivity contribution is 5.97. The molecule has 4 rings (SSSR count). The summed E-state index contributed by atoms with van der Waals surface area (Å²) in [7, 11) is 1.58. The zero-order chi connectivity index (χ0) is 19.2. The Kier molecular flexibility index (Phi) is 4.17. The first-order valence-electron chi connectivity index (χ1n) is 9.23. The van der Waals surface area contributed by atoms with Crippen molar-refractivity contribution in [1.29, 1.82) is 0 Å². The van der Waals surface area contributed by atoms with Crippen molar-refractivity contribution in [1.82, 2.24) is 9.80 Å². The van der Waals surface area contributed by atoms with E-state index in [1.54, 1.807) is 36.3 Å². The van der Waals surface area contributed by atoms with Gasteiger partial charge in [-0.25, -0.2) is 0 Å². The number of methoxy groups -OCH3 is 1. The third-order valence-corrected chi connectivity index (χ3v) is 5.63. The van der Waals surface area contributed by atoms with Crippen LogP contribution >= 0.6 is 0 Å². The van der Waals surface area contributed by atoms with Crippen LogP contribution in [0.25, 0.3) is 0 Å². The van der Waals surface area contributed by atoms with Gasteiger partial charge in [0.15, 0.2) is 0 Å². The fraction of sp³-hybridized carbons (Fsp3) is 0.364. The van der Waals surface area contributed by atoms with E-state index in [0.29, 0.717) is 24.4 Å². The second-order valence-electron chi connectivity index (χ2n) is 7.93. The third kappa shape index (κ3) is 2.97. The molecule has 2 heterocycles. The standard InChI is InChI=1S/C22H24N2O3/c1-22(2)14-24-19(17-9-4-5-10-18(17)22)12-23(13-20(24)25)21(26)15-7-6-8-16(11-15)27-3/h4-11,19H,12-14H2,1-3H3. The maximum atomic E-state index is 13.0. The largest absolute Gasteiger partial charge is 0.497 e. The van der Waals surface area contributed by atoms with E-state index in [1.165, 1.54) is 5.56 Å². The Morgan fingerprint density at radius 3 is 2.70 bits per heavy atom. The minimum Gasteiger partial charge on any atom is -0.497 e. The highest BCUT2D eigenvalue weighted by Gasteiger charge is 2.44. The Balaban J connectivity index is 1.67. The normalized spacial score (nSPS) is 20.7. The second-order valence-corrected chi connectivity index (χ2v) is 7.93. The summed E-state index contributed by atoms with van der Waals surface area (Å²) >= 11 is 0. The van der Waals surface area contributed by atoms with Gasteiger partial charge < -0.3 is 14.5 Å². The lowest BCUT2D eigenvalue weighted by Gasteiger charge is -2.49. The summed E-state index contributed by atoms with van der Waals surface area (Å²) in [6.45, 7) is 5.64. The number of piperazine rings is 1. The predicted octanol–water partition coefficient (Wildman–Crippen LogP) is 3.01. The van der Waals surface area contributed by atoms with Gasteiger partial charge in [0, 0.05) is 24.1 Å². The topological polar surface area (TPSA) is 49.9 Å². The van der Waals surface area contributed by atoms with E-state index in [-0.39, 0.29) is 29.8 Å². The number of fused-ring (bicyclic) bond motifs is 3. The van der Waals surface area contributed by atoms with Crippen LogP contribution in [0.4, 0.5) is 0 Å². The Labute approximate surface area is 159 Å². The van der Waals surface area contributed by atoms with Crippen molar-refractivity contribution in [3.63, 3.8) is 0 Å². The zero-order valence-corrected chi connectivity index (χ0v) is 15.9. The first-order valence-corrected chi connectivity index (χ1v) is 9.23. The fourth-order valence-electron chi connectivity index (χ4n) is 4.27. The van der Waals surface area contributed by atoms with Crippen LogP contribution in [0.2, 0.25) is 0 Å². The molecular formula is C22H24N2O3. The molecule has 27 heavy (non-hydrogen) atoms. The van der Waals surface area contributed by atoms with Gasteiger partial charge in [-0.2, -0.15) is 0 Å². The van der Waals surface area contributed by atoms with E-state index in [0.717, 1.165) is 5.56 Å². The van der Waals surface area contributed by atoms with Crippen molar-refractivity contribution in [3.05, 3.63) is 65.2 Å². The molecule has 0 bridgehead atoms. The van der Waals surface area contributed by atoms with Crippen LogP contribution in [0.3, 0.4) is 0 Å². The summed E-state index contributed by atoms with van der Waals surface area (Å²) in [5, 5.41) is 0. The third-order valence-electron chi connectivity index (χ3n) is 5.63. The molecule has 5 heteroatoms. The smallest absolute Gasteiger partial charge is 0.254 e. The first-order chi connectivity index (χ1) is 12.9. The quantitative estimate of drug-likeness (QED) is 0.823. The summed E-state index contributed by atoms with van der Waals surface area (Å²) in [6, 6.07) is 15.3. The lowest BCUT2D eigenvalue weighted by molar-refractivity contribution is -0.140. The molecule has 0 aliphatic carbocycles. The van der Waals surface area contributed by atoms with E-state index in [9.17, 15) is 9.59 Å². The number of hydrogen-bond acceptors (Lipinski definition) is 3. The molecule has 5 nitrogen and oxygen atoms in total. The summed E-state index contributed by atoms with van der Waals surface area (Å²) in [5.41, 5.74) is 2.85. The maximum Gasteiger partial charge on any atom is 0.254 e. The van der Waals surface area contributed by atoms with Crippen LogP contribution in [0, 0.1) is 0 Å². The highest BCUT2D eigenvalue weighted by atomic mass is 16.5. The molecule has 2 aliphatic rings. The van der Waals surface area contributed by atoms with E-state index in [1.807, 2.05) is 17.0 Å². The van der Waals surface area contributed by atoms with Crippen LogP contribution < -0.4 is 4.74 Å². The molecular weight excluding hydrogens is 340 g/mol. The number of hydrogen-bond donors (Lipinski definition) is 0. The summed E-state index contributed by atoms with van der Waals surface area (Å²) < 4.78 is 5.22. The van der Waals surface area contributed by atoms with Crippen molar-refractivity contribution >= 4 is 11.8 Å². The fourth-order valence-corrected chi connectivity index (χ4v) is 4.27. The minimum atomic E-state index is -0.135. The minimum absolute atomic E-state index is 0.00470. The highest BCUT2D eigenvalue weighted by Crippen LogP contribution is 2.41. The molecule has 2 aromatic carbocycles. The van der Waals surface area contributed by atoms with Crippen molar-refractivity contribution in [3.8, 4) is 5.75 Å². The molecule has 1 unspecified atom stereocenters. The van der Waals surface area contributed by atoms with Crippen molar-refractivity contribution in [2.75, 3.05) is 26.7 Å². The number of amides is 2. The van der Waals surface area contributed by atoms with Gasteiger partial charge in [-0.15, -0.1) is 0 Å². The SMILES string of the molecule is COc1cccc(C(=O)N2CC(=O)N3CC(C)(C)c4ccccc4C3C2)c1. The first kappa shape index (κ1) is 17.6. The molecule has 0 spiro atoms. The van der Waals surface area contributed by atoms with E-state index in [2.05, 4.69) is 26.0 Å². The Bertz CT molecular complexity index is 906. The summed E-state index contributed by atoms with van der Waals surface area (Å²) in [4.78, 5) is 29.5. The summed E-state index contributed by atoms with van der Waals surface area (Å²) in [5.74, 6) is 0.505. The van der Waals surface area contributed by atoms with Gasteiger partial charge in [-0.3, -0.25) is 9.59 Å². The van der Waals surface area contributed by atoms with Gasteiger partial charge in [0.1, 0.15) is 12.3 Å². The Morgan fingerprint density at radius 2 is 1.93 bits per heavy atom. The number of carbonyl (C=O) groups is 2. The maximum absolute atomic E-state index is 13.0. The van der Waals surface area contributed by atoms with Crippen LogP contribution in [0.15, 0.2) is 48.5 Å². The number of ether oxygens (including phenoxy) is 1. The zero-order valence-electron chi connectivity index (χ0n) is 15.9. The second kappa shape index (κ2) is 6.41. The van der Waals surface area contributed by atoms with Crippen molar-refractivity contribution in [2.24, 2.45) is 0 Å². The molecule has 2 amide bonds. The molecule has 2 aliphatic heterocycles. The number of carbonyl (C=O) groups excluding carboxylic acids is 2. The van der Waals surface area contributed by atoms with Gasteiger partial charge in [-0.05, 0) is 29.3 Å². The number of nitrogens with zero attached hydrogens (tertiary/aromatic N) is 2. The van der Waals surface area contributed by atoms with Crippen LogP contribution in [0.1, 0.15) is 41.4 Å². The van der Waals surface area contributed by atoms with E-state index >= 15 is 0 Å². The summed E-state index contributed by atoms with van der Waals surface area (Å²) in [6.07, 6.45) is 0. The van der Waals surface area contributed by atoms with Crippen LogP contribution in [-0.4, -0.2) is 48.4 Å². The molecule has 1 fully saturated rings. The Hall–Kier alpha value is -2.82. The average Bonchev–Trinajstić information content (AvgIpc) is 2.68. The monoisotopic (exact) mass is 364 g/mol. The molecule has 1 atom stereocenters. The van der Waals surface area contributed by atoms with Gasteiger partial charge >= 0.3 is 0 Å². The predicted molar refractivity (Wildman–Crippen MR) is 103 cm³/mol. The van der Waals surface area contributed by atoms with Gasteiger partial charge in [0.25, 0.3) is 5.91 Å². The van der Waals surface area contributed by atoms with Crippen molar-refractivity contribution in [2.45, 2.75) is 25.3 Å². The van der Waals surface area contributed by atoms with Crippen LogP contribution in [-0.2, 0) is 10.2 Å². The van der Waals surface area contributed by atoms with Crippen molar-refractivity contribution < 1.29 is 14.3 Å². The Morgan fingerprint density at radius 1 is 1.15 bits per heavy atom.